The summed E-state index contributed by atoms with van der Waals surface area (Å²) in [5.41, 5.74) is 0.233. The summed E-state index contributed by atoms with van der Waals surface area (Å²) in [6, 6.07) is 7.53. The first-order valence-corrected chi connectivity index (χ1v) is 6.84. The summed E-state index contributed by atoms with van der Waals surface area (Å²) in [6.45, 7) is 3.23. The van der Waals surface area contributed by atoms with Crippen LogP contribution in [0.15, 0.2) is 24.3 Å². The normalized spacial score (nSPS) is 17.5. The number of aryl methyl sites for hydroxylation is 1. The van der Waals surface area contributed by atoms with E-state index in [1.807, 2.05) is 31.2 Å². The van der Waals surface area contributed by atoms with E-state index in [1.165, 1.54) is 0 Å². The standard InChI is InChI=1S/C15H21NO4/c1-12-3-2-4-13(9-12)20-10-14(17)16-11-15(18)5-7-19-8-6-15/h2-4,9,18H,5-8,10-11H2,1H3,(H,16,17). The van der Waals surface area contributed by atoms with E-state index < -0.39 is 5.60 Å². The number of aliphatic hydroxyl groups is 1. The third-order valence-electron chi connectivity index (χ3n) is 3.40. The number of benzene rings is 1. The molecule has 20 heavy (non-hydrogen) atoms. The Bertz CT molecular complexity index is 455. The molecule has 1 heterocycles. The summed E-state index contributed by atoms with van der Waals surface area (Å²) >= 11 is 0. The molecule has 0 radical (unpaired) electrons. The van der Waals surface area contributed by atoms with Crippen molar-refractivity contribution in [3.8, 4) is 5.75 Å². The van der Waals surface area contributed by atoms with Gasteiger partial charge in [-0.25, -0.2) is 0 Å². The average Bonchev–Trinajstić information content (AvgIpc) is 2.44. The summed E-state index contributed by atoms with van der Waals surface area (Å²) in [5, 5.41) is 12.9. The quantitative estimate of drug-likeness (QED) is 0.845. The highest BCUT2D eigenvalue weighted by molar-refractivity contribution is 5.77. The Morgan fingerprint density at radius 2 is 2.20 bits per heavy atom. The molecule has 1 aromatic rings. The molecule has 1 aliphatic rings. The lowest BCUT2D eigenvalue weighted by atomic mass is 9.94. The summed E-state index contributed by atoms with van der Waals surface area (Å²) in [7, 11) is 0. The van der Waals surface area contributed by atoms with Gasteiger partial charge in [-0.05, 0) is 24.6 Å². The molecule has 2 rings (SSSR count). The number of carbonyl (C=O) groups is 1. The molecular formula is C15H21NO4. The number of amides is 1. The molecule has 0 unspecified atom stereocenters. The van der Waals surface area contributed by atoms with Crippen LogP contribution in [-0.2, 0) is 9.53 Å². The fourth-order valence-corrected chi connectivity index (χ4v) is 2.10. The number of nitrogens with one attached hydrogen (secondary N) is 1. The number of hydrogen-bond acceptors (Lipinski definition) is 4. The SMILES string of the molecule is Cc1cccc(OCC(=O)NCC2(O)CCOCC2)c1. The lowest BCUT2D eigenvalue weighted by Gasteiger charge is -2.32. The maximum Gasteiger partial charge on any atom is 0.258 e. The van der Waals surface area contributed by atoms with Crippen LogP contribution in [-0.4, -0.2) is 43.0 Å². The first-order valence-electron chi connectivity index (χ1n) is 6.84. The smallest absolute Gasteiger partial charge is 0.258 e. The minimum absolute atomic E-state index is 0.0456. The molecule has 1 aliphatic heterocycles. The average molecular weight is 279 g/mol. The molecule has 0 saturated carbocycles. The Morgan fingerprint density at radius 3 is 2.90 bits per heavy atom. The summed E-state index contributed by atoms with van der Waals surface area (Å²) in [4.78, 5) is 11.7. The first kappa shape index (κ1) is 14.8. The fourth-order valence-electron chi connectivity index (χ4n) is 2.10. The van der Waals surface area contributed by atoms with E-state index >= 15 is 0 Å². The van der Waals surface area contributed by atoms with E-state index in [2.05, 4.69) is 5.32 Å². The number of carbonyl (C=O) groups excluding carboxylic acids is 1. The Hall–Kier alpha value is -1.59. The number of hydrogen-bond donors (Lipinski definition) is 2. The Kier molecular flexibility index (Phi) is 4.98. The Balaban J connectivity index is 1.72. The second-order valence-electron chi connectivity index (χ2n) is 5.22. The zero-order valence-corrected chi connectivity index (χ0v) is 11.7. The van der Waals surface area contributed by atoms with Gasteiger partial charge >= 0.3 is 0 Å². The van der Waals surface area contributed by atoms with Crippen molar-refractivity contribution in [3.05, 3.63) is 29.8 Å². The summed E-state index contributed by atoms with van der Waals surface area (Å²) in [6.07, 6.45) is 1.10. The van der Waals surface area contributed by atoms with Crippen molar-refractivity contribution < 1.29 is 19.4 Å². The van der Waals surface area contributed by atoms with Crippen molar-refractivity contribution in [1.82, 2.24) is 5.32 Å². The van der Waals surface area contributed by atoms with Gasteiger partial charge in [0.25, 0.3) is 5.91 Å². The first-order chi connectivity index (χ1) is 9.57. The number of rotatable bonds is 5. The van der Waals surface area contributed by atoms with E-state index in [1.54, 1.807) is 0 Å². The minimum Gasteiger partial charge on any atom is -0.484 e. The van der Waals surface area contributed by atoms with Crippen molar-refractivity contribution in [2.24, 2.45) is 0 Å². The summed E-state index contributed by atoms with van der Waals surface area (Å²) < 4.78 is 10.6. The molecule has 5 heteroatoms. The van der Waals surface area contributed by atoms with Gasteiger partial charge in [0.1, 0.15) is 5.75 Å². The lowest BCUT2D eigenvalue weighted by Crippen LogP contribution is -2.47. The second kappa shape index (κ2) is 6.72. The molecule has 0 atom stereocenters. The van der Waals surface area contributed by atoms with E-state index in [-0.39, 0.29) is 19.1 Å². The van der Waals surface area contributed by atoms with Crippen molar-refractivity contribution in [3.63, 3.8) is 0 Å². The van der Waals surface area contributed by atoms with E-state index in [0.717, 1.165) is 5.56 Å². The van der Waals surface area contributed by atoms with E-state index in [9.17, 15) is 9.90 Å². The number of ether oxygens (including phenoxy) is 2. The fraction of sp³-hybridized carbons (Fsp3) is 0.533. The van der Waals surface area contributed by atoms with Crippen molar-refractivity contribution in [1.29, 1.82) is 0 Å². The molecule has 110 valence electrons. The molecule has 1 saturated heterocycles. The van der Waals surface area contributed by atoms with Gasteiger partial charge in [-0.3, -0.25) is 4.79 Å². The highest BCUT2D eigenvalue weighted by Crippen LogP contribution is 2.19. The topological polar surface area (TPSA) is 67.8 Å². The summed E-state index contributed by atoms with van der Waals surface area (Å²) in [5.74, 6) is 0.441. The predicted molar refractivity (Wildman–Crippen MR) is 74.7 cm³/mol. The third kappa shape index (κ3) is 4.51. The van der Waals surface area contributed by atoms with Gasteiger partial charge < -0.3 is 19.9 Å². The van der Waals surface area contributed by atoms with Crippen LogP contribution in [0.5, 0.6) is 5.75 Å². The molecule has 1 fully saturated rings. The van der Waals surface area contributed by atoms with Gasteiger partial charge in [-0.2, -0.15) is 0 Å². The molecule has 0 spiro atoms. The van der Waals surface area contributed by atoms with Gasteiger partial charge in [-0.15, -0.1) is 0 Å². The second-order valence-corrected chi connectivity index (χ2v) is 5.22. The largest absolute Gasteiger partial charge is 0.484 e. The van der Waals surface area contributed by atoms with Crippen LogP contribution in [0.4, 0.5) is 0 Å². The van der Waals surface area contributed by atoms with Crippen LogP contribution in [0.3, 0.4) is 0 Å². The molecule has 5 nitrogen and oxygen atoms in total. The molecule has 1 aromatic carbocycles. The lowest BCUT2D eigenvalue weighted by molar-refractivity contribution is -0.125. The molecular weight excluding hydrogens is 258 g/mol. The zero-order chi connectivity index (χ0) is 14.4. The zero-order valence-electron chi connectivity index (χ0n) is 11.7. The van der Waals surface area contributed by atoms with Crippen molar-refractivity contribution in [2.45, 2.75) is 25.4 Å². The molecule has 0 aliphatic carbocycles. The Morgan fingerprint density at radius 1 is 1.45 bits per heavy atom. The predicted octanol–water partition coefficient (Wildman–Crippen LogP) is 1.03. The van der Waals surface area contributed by atoms with Crippen molar-refractivity contribution in [2.75, 3.05) is 26.4 Å². The van der Waals surface area contributed by atoms with Crippen LogP contribution < -0.4 is 10.1 Å². The van der Waals surface area contributed by atoms with Gasteiger partial charge in [0.05, 0.1) is 5.60 Å². The molecule has 2 N–H and O–H groups in total. The maximum atomic E-state index is 11.7. The molecule has 1 amide bonds. The van der Waals surface area contributed by atoms with E-state index in [0.29, 0.717) is 31.8 Å². The molecule has 0 bridgehead atoms. The maximum absolute atomic E-state index is 11.7. The highest BCUT2D eigenvalue weighted by atomic mass is 16.5. The van der Waals surface area contributed by atoms with Crippen LogP contribution in [0.1, 0.15) is 18.4 Å². The van der Waals surface area contributed by atoms with Crippen LogP contribution in [0, 0.1) is 6.92 Å². The minimum atomic E-state index is -0.850. The Labute approximate surface area is 118 Å². The van der Waals surface area contributed by atoms with E-state index in [4.69, 9.17) is 9.47 Å². The molecule has 0 aromatic heterocycles. The van der Waals surface area contributed by atoms with Gasteiger partial charge in [-0.1, -0.05) is 12.1 Å². The highest BCUT2D eigenvalue weighted by Gasteiger charge is 2.30. The van der Waals surface area contributed by atoms with Gasteiger partial charge in [0.15, 0.2) is 6.61 Å². The van der Waals surface area contributed by atoms with Crippen molar-refractivity contribution >= 4 is 5.91 Å². The van der Waals surface area contributed by atoms with Crippen LogP contribution >= 0.6 is 0 Å². The van der Waals surface area contributed by atoms with Gasteiger partial charge in [0, 0.05) is 32.6 Å². The third-order valence-corrected chi connectivity index (χ3v) is 3.40. The van der Waals surface area contributed by atoms with Crippen LogP contribution in [0.25, 0.3) is 0 Å². The monoisotopic (exact) mass is 279 g/mol. The van der Waals surface area contributed by atoms with Crippen LogP contribution in [0.2, 0.25) is 0 Å². The van der Waals surface area contributed by atoms with Gasteiger partial charge in [0.2, 0.25) is 0 Å².